The molecular weight excluding hydrogens is 216 g/mol. The van der Waals surface area contributed by atoms with Gasteiger partial charge in [-0.1, -0.05) is 6.42 Å². The summed E-state index contributed by atoms with van der Waals surface area (Å²) in [7, 11) is 0. The Balaban J connectivity index is 1.67. The smallest absolute Gasteiger partial charge is 0.354 e. The predicted octanol–water partition coefficient (Wildman–Crippen LogP) is 2.38. The summed E-state index contributed by atoms with van der Waals surface area (Å²) in [5.41, 5.74) is 1.04. The van der Waals surface area contributed by atoms with E-state index in [-0.39, 0.29) is 5.69 Å². The van der Waals surface area contributed by atoms with Crippen molar-refractivity contribution in [3.63, 3.8) is 0 Å². The van der Waals surface area contributed by atoms with Crippen LogP contribution in [0.15, 0.2) is 18.3 Å². The van der Waals surface area contributed by atoms with Gasteiger partial charge >= 0.3 is 5.97 Å². The van der Waals surface area contributed by atoms with E-state index in [1.807, 2.05) is 6.07 Å². The minimum absolute atomic E-state index is 0.100. The Bertz CT molecular complexity index is 430. The number of carbonyl (C=O) groups is 1. The summed E-state index contributed by atoms with van der Waals surface area (Å²) in [6.45, 7) is 0. The van der Waals surface area contributed by atoms with Crippen LogP contribution in [0.4, 0.5) is 5.69 Å². The molecule has 2 aliphatic carbocycles. The van der Waals surface area contributed by atoms with Gasteiger partial charge < -0.3 is 10.4 Å². The predicted molar refractivity (Wildman–Crippen MR) is 64.1 cm³/mol. The van der Waals surface area contributed by atoms with Crippen LogP contribution >= 0.6 is 0 Å². The molecule has 2 aliphatic rings. The van der Waals surface area contributed by atoms with Crippen molar-refractivity contribution >= 4 is 11.7 Å². The standard InChI is InChI=1S/C13H16N2O2/c16-13(17)11-4-3-10(7-14-11)15-12-6-8-1-2-9(12)5-8/h3-4,7-9,12,15H,1-2,5-6H2,(H,16,17). The van der Waals surface area contributed by atoms with Crippen molar-refractivity contribution in [1.29, 1.82) is 0 Å². The van der Waals surface area contributed by atoms with E-state index in [1.54, 1.807) is 12.3 Å². The van der Waals surface area contributed by atoms with E-state index in [4.69, 9.17) is 5.11 Å². The second-order valence-corrected chi connectivity index (χ2v) is 5.16. The fourth-order valence-corrected chi connectivity index (χ4v) is 3.24. The minimum Gasteiger partial charge on any atom is -0.477 e. The number of nitrogens with one attached hydrogen (secondary N) is 1. The number of aromatic nitrogens is 1. The molecule has 0 aliphatic heterocycles. The van der Waals surface area contributed by atoms with E-state index >= 15 is 0 Å². The van der Waals surface area contributed by atoms with Gasteiger partial charge in [-0.3, -0.25) is 0 Å². The summed E-state index contributed by atoms with van der Waals surface area (Å²) in [5.74, 6) is 0.736. The van der Waals surface area contributed by atoms with Gasteiger partial charge in [-0.15, -0.1) is 0 Å². The highest BCUT2D eigenvalue weighted by Crippen LogP contribution is 2.45. The summed E-state index contributed by atoms with van der Waals surface area (Å²) in [6, 6.07) is 3.92. The molecule has 2 bridgehead atoms. The zero-order valence-electron chi connectivity index (χ0n) is 9.60. The first-order chi connectivity index (χ1) is 8.22. The van der Waals surface area contributed by atoms with Crippen molar-refractivity contribution in [2.45, 2.75) is 31.7 Å². The van der Waals surface area contributed by atoms with Crippen LogP contribution in [0.2, 0.25) is 0 Å². The Kier molecular flexibility index (Phi) is 2.50. The molecule has 17 heavy (non-hydrogen) atoms. The van der Waals surface area contributed by atoms with Crippen molar-refractivity contribution in [2.24, 2.45) is 11.8 Å². The van der Waals surface area contributed by atoms with Crippen molar-refractivity contribution in [1.82, 2.24) is 4.98 Å². The Morgan fingerprint density at radius 2 is 2.24 bits per heavy atom. The highest BCUT2D eigenvalue weighted by atomic mass is 16.4. The van der Waals surface area contributed by atoms with E-state index in [2.05, 4.69) is 10.3 Å². The fraction of sp³-hybridized carbons (Fsp3) is 0.538. The number of rotatable bonds is 3. The number of carboxylic acid groups (broad SMARTS) is 1. The van der Waals surface area contributed by atoms with Crippen LogP contribution in [0, 0.1) is 11.8 Å². The number of hydrogen-bond acceptors (Lipinski definition) is 3. The minimum atomic E-state index is -0.975. The zero-order valence-corrected chi connectivity index (χ0v) is 9.60. The molecule has 1 heterocycles. The SMILES string of the molecule is O=C(O)c1ccc(NC2CC3CCC2C3)cn1. The first kappa shape index (κ1) is 10.6. The molecule has 1 aromatic rings. The molecule has 1 aromatic heterocycles. The monoisotopic (exact) mass is 232 g/mol. The lowest BCUT2D eigenvalue weighted by molar-refractivity contribution is 0.0690. The molecule has 0 radical (unpaired) electrons. The number of pyridine rings is 1. The molecule has 0 saturated heterocycles. The third-order valence-corrected chi connectivity index (χ3v) is 4.07. The molecule has 4 heteroatoms. The number of anilines is 1. The summed E-state index contributed by atoms with van der Waals surface area (Å²) in [4.78, 5) is 14.6. The van der Waals surface area contributed by atoms with Gasteiger partial charge in [0, 0.05) is 6.04 Å². The van der Waals surface area contributed by atoms with Crippen LogP contribution in [0.3, 0.4) is 0 Å². The largest absolute Gasteiger partial charge is 0.477 e. The van der Waals surface area contributed by atoms with Crippen LogP contribution in [-0.4, -0.2) is 22.1 Å². The number of fused-ring (bicyclic) bond motifs is 2. The molecule has 3 rings (SSSR count). The van der Waals surface area contributed by atoms with Crippen LogP contribution in [0.25, 0.3) is 0 Å². The van der Waals surface area contributed by atoms with Gasteiger partial charge in [0.1, 0.15) is 5.69 Å². The van der Waals surface area contributed by atoms with Gasteiger partial charge in [0.25, 0.3) is 0 Å². The molecule has 4 nitrogen and oxygen atoms in total. The first-order valence-corrected chi connectivity index (χ1v) is 6.18. The lowest BCUT2D eigenvalue weighted by Gasteiger charge is -2.23. The van der Waals surface area contributed by atoms with E-state index in [0.29, 0.717) is 6.04 Å². The Labute approximate surface area is 100 Å². The van der Waals surface area contributed by atoms with E-state index < -0.39 is 5.97 Å². The molecule has 0 aromatic carbocycles. The first-order valence-electron chi connectivity index (χ1n) is 6.18. The van der Waals surface area contributed by atoms with Gasteiger partial charge in [0.15, 0.2) is 0 Å². The molecule has 0 spiro atoms. The van der Waals surface area contributed by atoms with Crippen LogP contribution < -0.4 is 5.32 Å². The lowest BCUT2D eigenvalue weighted by Crippen LogP contribution is -2.25. The lowest BCUT2D eigenvalue weighted by atomic mass is 9.95. The van der Waals surface area contributed by atoms with Crippen LogP contribution in [0.1, 0.15) is 36.2 Å². The molecule has 2 fully saturated rings. The number of hydrogen-bond donors (Lipinski definition) is 2. The molecule has 0 amide bonds. The maximum atomic E-state index is 10.7. The second kappa shape index (κ2) is 4.02. The maximum absolute atomic E-state index is 10.7. The van der Waals surface area contributed by atoms with Crippen molar-refractivity contribution in [3.8, 4) is 0 Å². The van der Waals surface area contributed by atoms with Crippen molar-refractivity contribution in [3.05, 3.63) is 24.0 Å². The third kappa shape index (κ3) is 1.99. The van der Waals surface area contributed by atoms with Gasteiger partial charge in [-0.2, -0.15) is 0 Å². The molecular formula is C13H16N2O2. The fourth-order valence-electron chi connectivity index (χ4n) is 3.24. The molecule has 2 N–H and O–H groups in total. The number of aromatic carboxylic acids is 1. The summed E-state index contributed by atoms with van der Waals surface area (Å²) in [6.07, 6.45) is 6.96. The van der Waals surface area contributed by atoms with Gasteiger partial charge in [-0.05, 0) is 43.2 Å². The van der Waals surface area contributed by atoms with Crippen LogP contribution in [0.5, 0.6) is 0 Å². The highest BCUT2D eigenvalue weighted by Gasteiger charge is 2.39. The van der Waals surface area contributed by atoms with Crippen molar-refractivity contribution < 1.29 is 9.90 Å². The Hall–Kier alpha value is -1.58. The highest BCUT2D eigenvalue weighted by molar-refractivity contribution is 5.85. The molecule has 3 atom stereocenters. The third-order valence-electron chi connectivity index (χ3n) is 4.07. The number of carboxylic acids is 1. The zero-order chi connectivity index (χ0) is 11.8. The molecule has 2 saturated carbocycles. The normalized spacial score (nSPS) is 30.5. The van der Waals surface area contributed by atoms with Crippen LogP contribution in [-0.2, 0) is 0 Å². The maximum Gasteiger partial charge on any atom is 0.354 e. The quantitative estimate of drug-likeness (QED) is 0.840. The topological polar surface area (TPSA) is 62.2 Å². The summed E-state index contributed by atoms with van der Waals surface area (Å²) >= 11 is 0. The Morgan fingerprint density at radius 3 is 2.76 bits per heavy atom. The molecule has 90 valence electrons. The summed E-state index contributed by atoms with van der Waals surface area (Å²) in [5, 5.41) is 12.2. The van der Waals surface area contributed by atoms with Gasteiger partial charge in [-0.25, -0.2) is 9.78 Å². The number of nitrogens with zero attached hydrogens (tertiary/aromatic N) is 1. The van der Waals surface area contributed by atoms with E-state index in [1.165, 1.54) is 25.7 Å². The second-order valence-electron chi connectivity index (χ2n) is 5.16. The Morgan fingerprint density at radius 1 is 1.35 bits per heavy atom. The van der Waals surface area contributed by atoms with E-state index in [9.17, 15) is 4.79 Å². The molecule has 3 unspecified atom stereocenters. The van der Waals surface area contributed by atoms with E-state index in [0.717, 1.165) is 17.5 Å². The summed E-state index contributed by atoms with van der Waals surface area (Å²) < 4.78 is 0. The average molecular weight is 232 g/mol. The van der Waals surface area contributed by atoms with Gasteiger partial charge in [0.2, 0.25) is 0 Å². The average Bonchev–Trinajstić information content (AvgIpc) is 2.91. The van der Waals surface area contributed by atoms with Gasteiger partial charge in [0.05, 0.1) is 11.9 Å². The van der Waals surface area contributed by atoms with Crippen molar-refractivity contribution in [2.75, 3.05) is 5.32 Å².